The molecule has 0 aliphatic carbocycles. The second-order valence-corrected chi connectivity index (χ2v) is 4.86. The van der Waals surface area contributed by atoms with Gasteiger partial charge in [0.2, 0.25) is 0 Å². The molecule has 4 heteroatoms. The minimum atomic E-state index is 0.0205. The zero-order chi connectivity index (χ0) is 8.39. The number of hydrogen-bond acceptors (Lipinski definition) is 1. The van der Waals surface area contributed by atoms with Gasteiger partial charge in [0.15, 0.2) is 0 Å². The van der Waals surface area contributed by atoms with E-state index < -0.39 is 0 Å². The van der Waals surface area contributed by atoms with Crippen molar-refractivity contribution in [3.63, 3.8) is 0 Å². The lowest BCUT2D eigenvalue weighted by Crippen LogP contribution is -2.29. The SMILES string of the molecule is O=C1C/S(=C2\CCCCN2)C=N1. The number of carbonyl (C=O) groups excluding carboxylic acids is 1. The van der Waals surface area contributed by atoms with Crippen molar-refractivity contribution in [3.8, 4) is 0 Å². The summed E-state index contributed by atoms with van der Waals surface area (Å²) in [7, 11) is 0.0205. The third-order valence-electron chi connectivity index (χ3n) is 2.07. The second-order valence-electron chi connectivity index (χ2n) is 3.01. The molecule has 0 aromatic heterocycles. The van der Waals surface area contributed by atoms with E-state index in [1.54, 1.807) is 0 Å². The van der Waals surface area contributed by atoms with Gasteiger partial charge in [-0.1, -0.05) is 0 Å². The lowest BCUT2D eigenvalue weighted by Gasteiger charge is -2.17. The highest BCUT2D eigenvalue weighted by molar-refractivity contribution is 8.28. The van der Waals surface area contributed by atoms with Gasteiger partial charge in [-0.15, -0.1) is 10.5 Å². The molecule has 1 fully saturated rings. The molecule has 66 valence electrons. The van der Waals surface area contributed by atoms with Gasteiger partial charge in [0.05, 0.1) is 11.3 Å². The fourth-order valence-electron chi connectivity index (χ4n) is 1.43. The largest absolute Gasteiger partial charge is 0.287 e. The number of amides is 1. The van der Waals surface area contributed by atoms with Gasteiger partial charge in [0.1, 0.15) is 0 Å². The first-order valence-corrected chi connectivity index (χ1v) is 5.68. The first-order chi connectivity index (χ1) is 5.86. The van der Waals surface area contributed by atoms with Crippen LogP contribution in [0.4, 0.5) is 0 Å². The summed E-state index contributed by atoms with van der Waals surface area (Å²) >= 11 is 0. The highest BCUT2D eigenvalue weighted by Gasteiger charge is 2.15. The number of carbonyl (C=O) groups is 1. The van der Waals surface area contributed by atoms with Crippen LogP contribution in [0.15, 0.2) is 4.99 Å². The summed E-state index contributed by atoms with van der Waals surface area (Å²) in [6.45, 7) is 1.07. The second kappa shape index (κ2) is 3.49. The Morgan fingerprint density at radius 1 is 1.50 bits per heavy atom. The topological polar surface area (TPSA) is 41.5 Å². The Hall–Kier alpha value is -0.480. The van der Waals surface area contributed by atoms with E-state index in [4.69, 9.17) is 0 Å². The van der Waals surface area contributed by atoms with E-state index in [2.05, 4.69) is 10.3 Å². The van der Waals surface area contributed by atoms with Crippen LogP contribution >= 0.6 is 10.5 Å². The fourth-order valence-corrected chi connectivity index (χ4v) is 3.09. The minimum Gasteiger partial charge on any atom is -0.287 e. The number of hydrogen-bond donors (Lipinski definition) is 1. The maximum atomic E-state index is 10.9. The Kier molecular flexibility index (Phi) is 2.37. The van der Waals surface area contributed by atoms with Crippen LogP contribution in [0.2, 0.25) is 0 Å². The molecule has 0 saturated carbocycles. The van der Waals surface area contributed by atoms with Crippen molar-refractivity contribution in [1.29, 1.82) is 0 Å². The van der Waals surface area contributed by atoms with E-state index in [1.807, 2.05) is 5.55 Å². The first kappa shape index (κ1) is 8.13. The molecule has 1 saturated heterocycles. The van der Waals surface area contributed by atoms with Crippen molar-refractivity contribution in [2.45, 2.75) is 19.3 Å². The smallest absolute Gasteiger partial charge is 0.256 e. The molecule has 0 radical (unpaired) electrons. The standard InChI is InChI=1S/C8H12N2OS/c11-7-5-12(6-10-7)8-3-1-2-4-9-8/h6,9H,1-5H2. The summed E-state index contributed by atoms with van der Waals surface area (Å²) in [6, 6.07) is 0. The van der Waals surface area contributed by atoms with E-state index in [0.29, 0.717) is 5.75 Å². The summed E-state index contributed by atoms with van der Waals surface area (Å²) in [5.41, 5.74) is 1.82. The van der Waals surface area contributed by atoms with E-state index in [9.17, 15) is 4.79 Å². The van der Waals surface area contributed by atoms with Crippen molar-refractivity contribution < 1.29 is 4.79 Å². The Bertz CT molecular complexity index is 262. The molecule has 0 aromatic carbocycles. The third-order valence-corrected chi connectivity index (χ3v) is 3.97. The van der Waals surface area contributed by atoms with Gasteiger partial charge in [-0.2, -0.15) is 0 Å². The molecule has 1 atom stereocenters. The van der Waals surface area contributed by atoms with Crippen molar-refractivity contribution in [2.24, 2.45) is 4.99 Å². The molecule has 0 aromatic rings. The van der Waals surface area contributed by atoms with Crippen molar-refractivity contribution in [1.82, 2.24) is 5.32 Å². The van der Waals surface area contributed by atoms with Gasteiger partial charge >= 0.3 is 0 Å². The summed E-state index contributed by atoms with van der Waals surface area (Å²) in [5.74, 6) is 0.653. The molecular formula is C8H12N2OS. The van der Waals surface area contributed by atoms with E-state index in [0.717, 1.165) is 13.0 Å². The van der Waals surface area contributed by atoms with Crippen molar-refractivity contribution in [3.05, 3.63) is 0 Å². The Morgan fingerprint density at radius 3 is 3.00 bits per heavy atom. The Morgan fingerprint density at radius 2 is 2.42 bits per heavy atom. The lowest BCUT2D eigenvalue weighted by molar-refractivity contribution is -0.115. The molecule has 2 heterocycles. The van der Waals surface area contributed by atoms with Gasteiger partial charge in [-0.3, -0.25) is 10.1 Å². The quantitative estimate of drug-likeness (QED) is 0.564. The van der Waals surface area contributed by atoms with Crippen LogP contribution in [-0.4, -0.2) is 28.7 Å². The number of rotatable bonds is 0. The van der Waals surface area contributed by atoms with Crippen molar-refractivity contribution in [2.75, 3.05) is 12.3 Å². The minimum absolute atomic E-state index is 0.0205. The van der Waals surface area contributed by atoms with Gasteiger partial charge in [-0.25, -0.2) is 4.99 Å². The third kappa shape index (κ3) is 1.64. The number of aliphatic imine (C=N–C) groups is 1. The number of nitrogens with zero attached hydrogens (tertiary/aromatic N) is 1. The lowest BCUT2D eigenvalue weighted by atomic mass is 10.2. The van der Waals surface area contributed by atoms with Gasteiger partial charge in [0.25, 0.3) is 5.91 Å². The molecule has 0 spiro atoms. The zero-order valence-corrected chi connectivity index (χ0v) is 7.69. The summed E-state index contributed by atoms with van der Waals surface area (Å²) < 4.78 is 0. The number of nitrogens with one attached hydrogen (secondary N) is 1. The molecule has 1 N–H and O–H groups in total. The molecular weight excluding hydrogens is 172 g/mol. The molecule has 1 unspecified atom stereocenters. The Balaban J connectivity index is 2.14. The van der Waals surface area contributed by atoms with Crippen LogP contribution < -0.4 is 5.32 Å². The average molecular weight is 184 g/mol. The van der Waals surface area contributed by atoms with Crippen LogP contribution in [0.3, 0.4) is 0 Å². The fraction of sp³-hybridized carbons (Fsp3) is 0.625. The molecule has 2 aliphatic heterocycles. The van der Waals surface area contributed by atoms with Crippen LogP contribution in [0.5, 0.6) is 0 Å². The van der Waals surface area contributed by atoms with E-state index in [-0.39, 0.29) is 16.4 Å². The normalized spacial score (nSPS) is 32.8. The van der Waals surface area contributed by atoms with Crippen LogP contribution in [0, 0.1) is 0 Å². The molecule has 0 bridgehead atoms. The predicted octanol–water partition coefficient (Wildman–Crippen LogP) is 0.727. The summed E-state index contributed by atoms with van der Waals surface area (Å²) in [6.07, 6.45) is 3.64. The predicted molar refractivity (Wildman–Crippen MR) is 52.8 cm³/mol. The average Bonchev–Trinajstić information content (AvgIpc) is 2.54. The first-order valence-electron chi connectivity index (χ1n) is 4.23. The van der Waals surface area contributed by atoms with Crippen LogP contribution in [-0.2, 0) is 4.79 Å². The molecule has 12 heavy (non-hydrogen) atoms. The summed E-state index contributed by atoms with van der Waals surface area (Å²) in [5, 5.41) is 3.37. The zero-order valence-electron chi connectivity index (χ0n) is 6.88. The monoisotopic (exact) mass is 184 g/mol. The highest BCUT2D eigenvalue weighted by atomic mass is 32.2. The maximum absolute atomic E-state index is 10.9. The van der Waals surface area contributed by atoms with Crippen LogP contribution in [0.25, 0.3) is 0 Å². The maximum Gasteiger partial charge on any atom is 0.256 e. The molecule has 1 amide bonds. The molecule has 3 nitrogen and oxygen atoms in total. The van der Waals surface area contributed by atoms with Gasteiger partial charge < -0.3 is 0 Å². The Labute approximate surface area is 74.2 Å². The van der Waals surface area contributed by atoms with E-state index >= 15 is 0 Å². The van der Waals surface area contributed by atoms with Gasteiger partial charge in [-0.05, 0) is 19.3 Å². The van der Waals surface area contributed by atoms with Gasteiger partial charge in [0, 0.05) is 11.5 Å². The molecule has 2 rings (SSSR count). The summed E-state index contributed by atoms with van der Waals surface area (Å²) in [4.78, 5) is 16.0. The van der Waals surface area contributed by atoms with E-state index in [1.165, 1.54) is 17.8 Å². The van der Waals surface area contributed by atoms with Crippen LogP contribution in [0.1, 0.15) is 19.3 Å². The highest BCUT2D eigenvalue weighted by Crippen LogP contribution is 2.20. The molecule has 2 aliphatic rings. The van der Waals surface area contributed by atoms with Crippen molar-refractivity contribution >= 4 is 26.9 Å². The number of piperidine rings is 1.